The Morgan fingerprint density at radius 2 is 1.20 bits per heavy atom. The van der Waals surface area contributed by atoms with E-state index in [2.05, 4.69) is 29.2 Å². The number of carbonyl (C=O) groups is 3. The summed E-state index contributed by atoms with van der Waals surface area (Å²) in [4.78, 5) is 37.8. The standard InChI is InChI=1S/C29H33ClN2O2.C6H10O8.Ca/c1-31(2)27(33)29(24-9-5-3-6-10-24,25-11-7-4-8-12-25)19-22-32-20-17-28(34,18-21-32)23-13-15-26(30)16-14-23;7-1(3(9)5(11)12)2(8)4(10)6(13)14;/h3-16,34H,17-22H2,1-2H3;1-4,7-10H,(H,11,12)(H,13,14);/q;;+2/p-2/t;1-,2-,3-,4+;/m.0./s1. The number of carboxylic acids is 2. The summed E-state index contributed by atoms with van der Waals surface area (Å²) < 4.78 is 0. The number of carbonyl (C=O) groups excluding carboxylic acids is 3. The third kappa shape index (κ3) is 10.7. The summed E-state index contributed by atoms with van der Waals surface area (Å²) >= 11 is 6.03. The van der Waals surface area contributed by atoms with E-state index in [0.29, 0.717) is 24.3 Å². The van der Waals surface area contributed by atoms with Crippen LogP contribution in [-0.2, 0) is 25.4 Å². The average Bonchev–Trinajstić information content (AvgIpc) is 3.09. The van der Waals surface area contributed by atoms with Crippen molar-refractivity contribution in [1.82, 2.24) is 9.80 Å². The topological polar surface area (TPSA) is 205 Å². The van der Waals surface area contributed by atoms with E-state index in [4.69, 9.17) is 32.0 Å². The van der Waals surface area contributed by atoms with Gasteiger partial charge in [-0.05, 0) is 54.6 Å². The third-order valence-electron chi connectivity index (χ3n) is 8.65. The predicted octanol–water partition coefficient (Wildman–Crippen LogP) is -1.36. The van der Waals surface area contributed by atoms with Gasteiger partial charge in [0.05, 0.1) is 17.5 Å². The predicted molar refractivity (Wildman–Crippen MR) is 178 cm³/mol. The van der Waals surface area contributed by atoms with E-state index in [0.717, 1.165) is 36.3 Å². The average molecular weight is 725 g/mol. The SMILES string of the molecule is CN(C)C(=O)C(CCN1CCC(O)(c2ccc(Cl)cc2)CC1)(c1ccccc1)c1ccccc1.O=C([O-])[C@@H](O)[C@@H](O)[C@H](O)[C@@H](O)C(=O)[O-].[Ca+2]. The van der Waals surface area contributed by atoms with Gasteiger partial charge < -0.3 is 55.1 Å². The summed E-state index contributed by atoms with van der Waals surface area (Å²) in [6.45, 7) is 2.31. The Hall–Kier alpha value is -2.62. The first kappa shape index (κ1) is 42.5. The molecule has 0 aromatic heterocycles. The van der Waals surface area contributed by atoms with Gasteiger partial charge in [-0.25, -0.2) is 0 Å². The van der Waals surface area contributed by atoms with E-state index in [1.807, 2.05) is 74.8 Å². The molecule has 0 radical (unpaired) electrons. The van der Waals surface area contributed by atoms with Crippen LogP contribution in [0.1, 0.15) is 36.0 Å². The Morgan fingerprint density at radius 1 is 0.796 bits per heavy atom. The number of piperidine rings is 1. The largest absolute Gasteiger partial charge is 2.00 e. The Morgan fingerprint density at radius 3 is 1.57 bits per heavy atom. The molecular weight excluding hydrogens is 684 g/mol. The molecule has 49 heavy (non-hydrogen) atoms. The molecule has 1 heterocycles. The number of aliphatic hydroxyl groups is 5. The van der Waals surface area contributed by atoms with Gasteiger partial charge in [-0.1, -0.05) is 84.4 Å². The molecule has 3 aromatic rings. The number of hydrogen-bond donors (Lipinski definition) is 5. The number of benzene rings is 3. The molecule has 14 heteroatoms. The van der Waals surface area contributed by atoms with Crippen molar-refractivity contribution in [3.8, 4) is 0 Å². The molecule has 0 unspecified atom stereocenters. The number of aliphatic carboxylic acids is 2. The summed E-state index contributed by atoms with van der Waals surface area (Å²) in [5.74, 6) is -4.14. The molecule has 3 aromatic carbocycles. The van der Waals surface area contributed by atoms with Crippen LogP contribution in [0.25, 0.3) is 0 Å². The van der Waals surface area contributed by atoms with Crippen molar-refractivity contribution in [2.45, 2.75) is 54.7 Å². The number of rotatable bonds is 12. The van der Waals surface area contributed by atoms with Gasteiger partial charge in [-0.3, -0.25) is 4.79 Å². The normalized spacial score (nSPS) is 16.8. The maximum atomic E-state index is 13.8. The van der Waals surface area contributed by atoms with Crippen LogP contribution in [0.2, 0.25) is 5.02 Å². The quantitative estimate of drug-likeness (QED) is 0.138. The zero-order valence-corrected chi connectivity index (χ0v) is 30.4. The van der Waals surface area contributed by atoms with Gasteiger partial charge in [0.25, 0.3) is 0 Å². The zero-order chi connectivity index (χ0) is 35.6. The Labute approximate surface area is 320 Å². The minimum atomic E-state index is -2.50. The summed E-state index contributed by atoms with van der Waals surface area (Å²) in [6, 6.07) is 27.7. The van der Waals surface area contributed by atoms with Crippen LogP contribution in [0.3, 0.4) is 0 Å². The van der Waals surface area contributed by atoms with E-state index < -0.39 is 47.4 Å². The van der Waals surface area contributed by atoms with Gasteiger partial charge in [0.1, 0.15) is 29.8 Å². The molecule has 5 N–H and O–H groups in total. The van der Waals surface area contributed by atoms with Crippen molar-refractivity contribution in [1.29, 1.82) is 0 Å². The van der Waals surface area contributed by atoms with Crippen LogP contribution in [0, 0.1) is 0 Å². The van der Waals surface area contributed by atoms with Gasteiger partial charge in [-0.15, -0.1) is 0 Å². The first-order valence-electron chi connectivity index (χ1n) is 15.3. The molecule has 260 valence electrons. The summed E-state index contributed by atoms with van der Waals surface area (Å²) in [7, 11) is 3.66. The maximum Gasteiger partial charge on any atom is 2.00 e. The van der Waals surface area contributed by atoms with Crippen LogP contribution in [0.15, 0.2) is 84.9 Å². The minimum Gasteiger partial charge on any atom is -0.547 e. The van der Waals surface area contributed by atoms with Gasteiger partial charge in [-0.2, -0.15) is 0 Å². The fraction of sp³-hybridized carbons (Fsp3) is 0.400. The van der Waals surface area contributed by atoms with Crippen molar-refractivity contribution in [2.24, 2.45) is 0 Å². The van der Waals surface area contributed by atoms with Crippen molar-refractivity contribution in [2.75, 3.05) is 33.7 Å². The number of carboxylic acid groups (broad SMARTS) is 2. The Balaban J connectivity index is 0.000000473. The van der Waals surface area contributed by atoms with Crippen molar-refractivity contribution in [3.05, 3.63) is 107 Å². The van der Waals surface area contributed by atoms with Gasteiger partial charge >= 0.3 is 37.7 Å². The van der Waals surface area contributed by atoms with Gasteiger partial charge in [0.2, 0.25) is 5.91 Å². The number of likely N-dealkylation sites (tertiary alicyclic amines) is 1. The van der Waals surface area contributed by atoms with Crippen molar-refractivity contribution >= 4 is 67.2 Å². The maximum absolute atomic E-state index is 13.8. The van der Waals surface area contributed by atoms with Gasteiger partial charge in [0, 0.05) is 32.2 Å². The van der Waals surface area contributed by atoms with Crippen molar-refractivity contribution < 1.29 is 50.1 Å². The summed E-state index contributed by atoms with van der Waals surface area (Å²) in [5, 5.41) is 66.7. The fourth-order valence-corrected chi connectivity index (χ4v) is 5.94. The molecule has 1 fully saturated rings. The van der Waals surface area contributed by atoms with Crippen LogP contribution < -0.4 is 10.2 Å². The molecule has 4 rings (SSSR count). The van der Waals surface area contributed by atoms with Crippen LogP contribution in [-0.4, -0.2) is 149 Å². The van der Waals surface area contributed by atoms with Crippen LogP contribution in [0.5, 0.6) is 0 Å². The second kappa shape index (κ2) is 19.1. The number of hydrogen-bond acceptors (Lipinski definition) is 11. The Kier molecular flexibility index (Phi) is 16.6. The number of nitrogens with zero attached hydrogens (tertiary/aromatic N) is 2. The Bertz CT molecular complexity index is 1430. The first-order chi connectivity index (χ1) is 22.6. The van der Waals surface area contributed by atoms with E-state index in [-0.39, 0.29) is 43.6 Å². The number of aliphatic hydroxyl groups excluding tert-OH is 4. The number of likely N-dealkylation sites (N-methyl/N-ethyl adjacent to an activating group) is 1. The fourth-order valence-electron chi connectivity index (χ4n) is 5.81. The molecular formula is C35H41CaClN2O10. The molecule has 1 aliphatic heterocycles. The number of halogens is 1. The van der Waals surface area contributed by atoms with E-state index >= 15 is 0 Å². The molecule has 0 bridgehead atoms. The molecule has 0 saturated carbocycles. The molecule has 4 atom stereocenters. The minimum absolute atomic E-state index is 0. The summed E-state index contributed by atoms with van der Waals surface area (Å²) in [5.41, 5.74) is 1.33. The molecule has 0 aliphatic carbocycles. The van der Waals surface area contributed by atoms with E-state index in [9.17, 15) is 29.7 Å². The molecule has 12 nitrogen and oxygen atoms in total. The second-order valence-corrected chi connectivity index (χ2v) is 12.4. The van der Waals surface area contributed by atoms with Crippen molar-refractivity contribution in [3.63, 3.8) is 0 Å². The monoisotopic (exact) mass is 724 g/mol. The van der Waals surface area contributed by atoms with E-state index in [1.165, 1.54) is 0 Å². The molecule has 1 saturated heterocycles. The first-order valence-corrected chi connectivity index (χ1v) is 15.7. The smallest absolute Gasteiger partial charge is 0.547 e. The summed E-state index contributed by atoms with van der Waals surface area (Å²) in [6.07, 6.45) is -7.80. The van der Waals surface area contributed by atoms with Crippen LogP contribution >= 0.6 is 11.6 Å². The van der Waals surface area contributed by atoms with Crippen LogP contribution in [0.4, 0.5) is 0 Å². The zero-order valence-electron chi connectivity index (χ0n) is 27.4. The molecule has 1 aliphatic rings. The van der Waals surface area contributed by atoms with E-state index in [1.54, 1.807) is 4.90 Å². The third-order valence-corrected chi connectivity index (χ3v) is 8.90. The second-order valence-electron chi connectivity index (χ2n) is 12.0. The van der Waals surface area contributed by atoms with Gasteiger partial charge in [0.15, 0.2) is 0 Å². The molecule has 0 spiro atoms. The number of amides is 1. The molecule has 1 amide bonds.